The van der Waals surface area contributed by atoms with E-state index in [1.807, 2.05) is 6.92 Å². The monoisotopic (exact) mass is 209 g/mol. The van der Waals surface area contributed by atoms with E-state index in [4.69, 9.17) is 0 Å². The number of rotatable bonds is 5. The van der Waals surface area contributed by atoms with E-state index >= 15 is 0 Å². The number of nitrogens with zero attached hydrogens (tertiary/aromatic N) is 1. The Kier molecular flexibility index (Phi) is 4.24. The van der Waals surface area contributed by atoms with Crippen molar-refractivity contribution in [1.29, 1.82) is 0 Å². The van der Waals surface area contributed by atoms with Crippen molar-refractivity contribution in [2.45, 2.75) is 32.3 Å². The third kappa shape index (κ3) is 3.32. The van der Waals surface area contributed by atoms with Gasteiger partial charge < -0.3 is 5.11 Å². The first-order valence-electron chi connectivity index (χ1n) is 5.05. The van der Waals surface area contributed by atoms with Crippen LogP contribution in [0.3, 0.4) is 0 Å². The SMILES string of the molecule is CCC(O)CCc1ccccc1[N+](=O)[O-]. The van der Waals surface area contributed by atoms with Crippen molar-refractivity contribution in [2.75, 3.05) is 0 Å². The summed E-state index contributed by atoms with van der Waals surface area (Å²) in [6, 6.07) is 6.66. The Bertz CT molecular complexity index is 338. The molecule has 1 rings (SSSR count). The van der Waals surface area contributed by atoms with Gasteiger partial charge in [0, 0.05) is 11.6 Å². The molecule has 0 bridgehead atoms. The maximum Gasteiger partial charge on any atom is 0.272 e. The topological polar surface area (TPSA) is 63.4 Å². The van der Waals surface area contributed by atoms with Crippen LogP contribution in [0.5, 0.6) is 0 Å². The Morgan fingerprint density at radius 1 is 1.47 bits per heavy atom. The zero-order valence-corrected chi connectivity index (χ0v) is 8.72. The van der Waals surface area contributed by atoms with Crippen molar-refractivity contribution < 1.29 is 10.0 Å². The molecule has 0 saturated carbocycles. The number of aryl methyl sites for hydroxylation is 1. The quantitative estimate of drug-likeness (QED) is 0.597. The fraction of sp³-hybridized carbons (Fsp3) is 0.455. The van der Waals surface area contributed by atoms with E-state index in [1.165, 1.54) is 6.07 Å². The molecule has 0 heterocycles. The molecule has 1 atom stereocenters. The first kappa shape index (κ1) is 11.7. The maximum absolute atomic E-state index is 10.7. The second-order valence-electron chi connectivity index (χ2n) is 3.49. The first-order valence-corrected chi connectivity index (χ1v) is 5.05. The first-order chi connectivity index (χ1) is 7.15. The third-order valence-corrected chi connectivity index (χ3v) is 2.41. The molecular weight excluding hydrogens is 194 g/mol. The number of hydrogen-bond acceptors (Lipinski definition) is 3. The molecule has 1 N–H and O–H groups in total. The molecule has 4 nitrogen and oxygen atoms in total. The molecule has 0 aliphatic rings. The molecule has 1 unspecified atom stereocenters. The van der Waals surface area contributed by atoms with Gasteiger partial charge in [-0.25, -0.2) is 0 Å². The van der Waals surface area contributed by atoms with E-state index < -0.39 is 0 Å². The number of nitro benzene ring substituents is 1. The number of hydrogen-bond donors (Lipinski definition) is 1. The summed E-state index contributed by atoms with van der Waals surface area (Å²) in [5.74, 6) is 0. The molecule has 1 aromatic rings. The minimum Gasteiger partial charge on any atom is -0.393 e. The Hall–Kier alpha value is -1.42. The molecule has 4 heteroatoms. The fourth-order valence-corrected chi connectivity index (χ4v) is 1.43. The summed E-state index contributed by atoms with van der Waals surface area (Å²) in [6.45, 7) is 1.89. The van der Waals surface area contributed by atoms with Crippen LogP contribution in [0.1, 0.15) is 25.3 Å². The summed E-state index contributed by atoms with van der Waals surface area (Å²) in [6.07, 6.45) is 1.43. The lowest BCUT2D eigenvalue weighted by Crippen LogP contribution is -2.06. The number of para-hydroxylation sites is 1. The Labute approximate surface area is 88.7 Å². The van der Waals surface area contributed by atoms with Crippen molar-refractivity contribution in [3.8, 4) is 0 Å². The molecule has 0 aromatic heterocycles. The van der Waals surface area contributed by atoms with Crippen molar-refractivity contribution >= 4 is 5.69 Å². The highest BCUT2D eigenvalue weighted by Crippen LogP contribution is 2.19. The van der Waals surface area contributed by atoms with Crippen molar-refractivity contribution in [2.24, 2.45) is 0 Å². The zero-order valence-electron chi connectivity index (χ0n) is 8.72. The van der Waals surface area contributed by atoms with Gasteiger partial charge in [0.25, 0.3) is 5.69 Å². The molecule has 0 fully saturated rings. The Morgan fingerprint density at radius 3 is 2.73 bits per heavy atom. The van der Waals surface area contributed by atoms with Crippen LogP contribution in [0.15, 0.2) is 24.3 Å². The van der Waals surface area contributed by atoms with Gasteiger partial charge in [0.1, 0.15) is 0 Å². The van der Waals surface area contributed by atoms with Crippen LogP contribution in [0.2, 0.25) is 0 Å². The van der Waals surface area contributed by atoms with Crippen LogP contribution in [-0.2, 0) is 6.42 Å². The van der Waals surface area contributed by atoms with Crippen LogP contribution in [-0.4, -0.2) is 16.1 Å². The van der Waals surface area contributed by atoms with E-state index in [0.29, 0.717) is 24.8 Å². The van der Waals surface area contributed by atoms with Crippen molar-refractivity contribution in [3.63, 3.8) is 0 Å². The maximum atomic E-state index is 10.7. The third-order valence-electron chi connectivity index (χ3n) is 2.41. The second-order valence-corrected chi connectivity index (χ2v) is 3.49. The summed E-state index contributed by atoms with van der Waals surface area (Å²) in [7, 11) is 0. The largest absolute Gasteiger partial charge is 0.393 e. The van der Waals surface area contributed by atoms with Crippen LogP contribution in [0.4, 0.5) is 5.69 Å². The van der Waals surface area contributed by atoms with Crippen molar-refractivity contribution in [1.82, 2.24) is 0 Å². The number of aliphatic hydroxyl groups is 1. The minimum atomic E-state index is -0.381. The smallest absolute Gasteiger partial charge is 0.272 e. The second kappa shape index (κ2) is 5.46. The number of aliphatic hydroxyl groups excluding tert-OH is 1. The molecule has 82 valence electrons. The highest BCUT2D eigenvalue weighted by molar-refractivity contribution is 5.39. The molecule has 0 aliphatic carbocycles. The van der Waals surface area contributed by atoms with Crippen LogP contribution in [0, 0.1) is 10.1 Å². The minimum absolute atomic E-state index is 0.140. The predicted molar refractivity (Wildman–Crippen MR) is 57.7 cm³/mol. The molecule has 0 spiro atoms. The van der Waals surface area contributed by atoms with Gasteiger partial charge >= 0.3 is 0 Å². The zero-order chi connectivity index (χ0) is 11.3. The van der Waals surface area contributed by atoms with Crippen molar-refractivity contribution in [3.05, 3.63) is 39.9 Å². The van der Waals surface area contributed by atoms with Gasteiger partial charge in [0.15, 0.2) is 0 Å². The lowest BCUT2D eigenvalue weighted by atomic mass is 10.0. The van der Waals surface area contributed by atoms with Gasteiger partial charge in [-0.3, -0.25) is 10.1 Å². The molecule has 15 heavy (non-hydrogen) atoms. The Morgan fingerprint density at radius 2 is 2.13 bits per heavy atom. The van der Waals surface area contributed by atoms with Gasteiger partial charge in [0.2, 0.25) is 0 Å². The molecular formula is C11H15NO3. The normalized spacial score (nSPS) is 12.4. The van der Waals surface area contributed by atoms with Crippen LogP contribution < -0.4 is 0 Å². The summed E-state index contributed by atoms with van der Waals surface area (Å²) in [5, 5.41) is 20.1. The molecule has 1 aromatic carbocycles. The summed E-state index contributed by atoms with van der Waals surface area (Å²) in [4.78, 5) is 10.3. The van der Waals surface area contributed by atoms with E-state index in [9.17, 15) is 15.2 Å². The van der Waals surface area contributed by atoms with Crippen LogP contribution in [0.25, 0.3) is 0 Å². The van der Waals surface area contributed by atoms with Gasteiger partial charge in [0.05, 0.1) is 11.0 Å². The molecule has 0 aliphatic heterocycles. The lowest BCUT2D eigenvalue weighted by molar-refractivity contribution is -0.385. The van der Waals surface area contributed by atoms with E-state index in [2.05, 4.69) is 0 Å². The number of benzene rings is 1. The standard InChI is InChI=1S/C11H15NO3/c1-2-10(13)8-7-9-5-3-4-6-11(9)12(14)15/h3-6,10,13H,2,7-8H2,1H3. The van der Waals surface area contributed by atoms with Gasteiger partial charge in [-0.1, -0.05) is 25.1 Å². The molecule has 0 amide bonds. The average Bonchev–Trinajstić information content (AvgIpc) is 2.26. The highest BCUT2D eigenvalue weighted by atomic mass is 16.6. The molecule has 0 radical (unpaired) electrons. The Balaban J connectivity index is 2.72. The van der Waals surface area contributed by atoms with Crippen LogP contribution >= 0.6 is 0 Å². The number of nitro groups is 1. The summed E-state index contributed by atoms with van der Waals surface area (Å²) >= 11 is 0. The van der Waals surface area contributed by atoms with E-state index in [0.717, 1.165) is 0 Å². The van der Waals surface area contributed by atoms with Gasteiger partial charge in [-0.05, 0) is 19.3 Å². The summed E-state index contributed by atoms with van der Waals surface area (Å²) in [5.41, 5.74) is 0.829. The van der Waals surface area contributed by atoms with E-state index in [1.54, 1.807) is 18.2 Å². The fourth-order valence-electron chi connectivity index (χ4n) is 1.43. The van der Waals surface area contributed by atoms with Gasteiger partial charge in [-0.15, -0.1) is 0 Å². The van der Waals surface area contributed by atoms with E-state index in [-0.39, 0.29) is 16.7 Å². The predicted octanol–water partition coefficient (Wildman–Crippen LogP) is 2.30. The highest BCUT2D eigenvalue weighted by Gasteiger charge is 2.12. The lowest BCUT2D eigenvalue weighted by Gasteiger charge is -2.07. The summed E-state index contributed by atoms with van der Waals surface area (Å²) < 4.78 is 0. The van der Waals surface area contributed by atoms with Gasteiger partial charge in [-0.2, -0.15) is 0 Å². The average molecular weight is 209 g/mol. The molecule has 0 saturated heterocycles.